The number of carbonyl (C=O) groups excluding carboxylic acids is 1. The molecule has 0 radical (unpaired) electrons. The number of esters is 1. The maximum Gasteiger partial charge on any atom is 0.349 e. The van der Waals surface area contributed by atoms with Crippen molar-refractivity contribution in [1.29, 1.82) is 5.26 Å². The Labute approximate surface area is 63.8 Å². The largest absolute Gasteiger partial charge is 0.460 e. The van der Waals surface area contributed by atoms with Gasteiger partial charge in [-0.2, -0.15) is 5.26 Å². The Kier molecular flexibility index (Phi) is 4.34. The lowest BCUT2D eigenvalue weighted by Crippen LogP contribution is -2.04. The van der Waals surface area contributed by atoms with Crippen LogP contribution in [0.5, 0.6) is 0 Å². The van der Waals surface area contributed by atoms with Gasteiger partial charge in [-0.25, -0.2) is 4.79 Å². The highest BCUT2D eigenvalue weighted by molar-refractivity contribution is 6.40. The van der Waals surface area contributed by atoms with E-state index in [0.29, 0.717) is 0 Å². The van der Waals surface area contributed by atoms with Crippen LogP contribution in [-0.4, -0.2) is 12.6 Å². The lowest BCUT2D eigenvalue weighted by Gasteiger charge is -1.97. The monoisotopic (exact) mass is 159 g/mol. The highest BCUT2D eigenvalue weighted by atomic mass is 35.5. The summed E-state index contributed by atoms with van der Waals surface area (Å²) >= 11 is 5.16. The van der Waals surface area contributed by atoms with Crippen molar-refractivity contribution in [1.82, 2.24) is 0 Å². The Morgan fingerprint density at radius 2 is 2.40 bits per heavy atom. The molecule has 0 rings (SSSR count). The topological polar surface area (TPSA) is 50.1 Å². The average Bonchev–Trinajstić information content (AvgIpc) is 1.88. The third-order valence-electron chi connectivity index (χ3n) is 0.669. The van der Waals surface area contributed by atoms with Gasteiger partial charge in [0, 0.05) is 0 Å². The molecule has 0 heterocycles. The van der Waals surface area contributed by atoms with Gasteiger partial charge in [0.15, 0.2) is 0 Å². The summed E-state index contributed by atoms with van der Waals surface area (Å²) in [5.41, 5.74) is 0. The van der Waals surface area contributed by atoms with Gasteiger partial charge in [0.25, 0.3) is 0 Å². The SMILES string of the molecule is C=C(Cl)C(=O)OCCC#N. The Balaban J connectivity index is 3.43. The van der Waals surface area contributed by atoms with Gasteiger partial charge >= 0.3 is 5.97 Å². The summed E-state index contributed by atoms with van der Waals surface area (Å²) in [4.78, 5) is 10.5. The maximum absolute atomic E-state index is 10.5. The van der Waals surface area contributed by atoms with Gasteiger partial charge in [0.05, 0.1) is 12.5 Å². The van der Waals surface area contributed by atoms with Crippen LogP contribution >= 0.6 is 11.6 Å². The summed E-state index contributed by atoms with van der Waals surface area (Å²) < 4.78 is 4.45. The van der Waals surface area contributed by atoms with E-state index < -0.39 is 5.97 Å². The third-order valence-corrected chi connectivity index (χ3v) is 0.823. The molecule has 4 heteroatoms. The van der Waals surface area contributed by atoms with E-state index in [1.807, 2.05) is 6.07 Å². The minimum atomic E-state index is -0.670. The van der Waals surface area contributed by atoms with Crippen molar-refractivity contribution in [3.63, 3.8) is 0 Å². The van der Waals surface area contributed by atoms with E-state index in [9.17, 15) is 4.79 Å². The normalized spacial score (nSPS) is 8.00. The fraction of sp³-hybridized carbons (Fsp3) is 0.333. The first-order chi connectivity index (χ1) is 4.68. The van der Waals surface area contributed by atoms with Crippen LogP contribution in [0.3, 0.4) is 0 Å². The molecule has 54 valence electrons. The zero-order chi connectivity index (χ0) is 7.98. The fourth-order valence-corrected chi connectivity index (χ4v) is 0.322. The van der Waals surface area contributed by atoms with Crippen molar-refractivity contribution < 1.29 is 9.53 Å². The smallest absolute Gasteiger partial charge is 0.349 e. The molecule has 0 aromatic rings. The molecule has 3 nitrogen and oxygen atoms in total. The zero-order valence-corrected chi connectivity index (χ0v) is 6.02. The molecule has 0 aromatic carbocycles. The van der Waals surface area contributed by atoms with E-state index in [1.54, 1.807) is 0 Å². The minimum absolute atomic E-state index is 0.0705. The molecular weight excluding hydrogens is 154 g/mol. The number of halogens is 1. The molecule has 0 spiro atoms. The predicted molar refractivity (Wildman–Crippen MR) is 36.2 cm³/mol. The van der Waals surface area contributed by atoms with E-state index in [-0.39, 0.29) is 18.1 Å². The van der Waals surface area contributed by atoms with Crippen molar-refractivity contribution in [2.24, 2.45) is 0 Å². The van der Waals surface area contributed by atoms with E-state index >= 15 is 0 Å². The molecular formula is C6H6ClNO2. The molecule has 0 N–H and O–H groups in total. The van der Waals surface area contributed by atoms with E-state index in [2.05, 4.69) is 11.3 Å². The first-order valence-corrected chi connectivity index (χ1v) is 2.94. The number of carbonyl (C=O) groups is 1. The molecule has 0 aromatic heterocycles. The van der Waals surface area contributed by atoms with Crippen LogP contribution in [-0.2, 0) is 9.53 Å². The van der Waals surface area contributed by atoms with Crippen molar-refractivity contribution >= 4 is 17.6 Å². The highest BCUT2D eigenvalue weighted by Gasteiger charge is 2.02. The van der Waals surface area contributed by atoms with Gasteiger partial charge in [0.2, 0.25) is 0 Å². The van der Waals surface area contributed by atoms with Crippen LogP contribution in [0, 0.1) is 11.3 Å². The Morgan fingerprint density at radius 1 is 1.80 bits per heavy atom. The van der Waals surface area contributed by atoms with Gasteiger partial charge in [-0.3, -0.25) is 0 Å². The van der Waals surface area contributed by atoms with Gasteiger partial charge in [-0.15, -0.1) is 0 Å². The Bertz CT molecular complexity index is 183. The van der Waals surface area contributed by atoms with Crippen LogP contribution < -0.4 is 0 Å². The van der Waals surface area contributed by atoms with Gasteiger partial charge in [-0.05, 0) is 0 Å². The number of hydrogen-bond acceptors (Lipinski definition) is 3. The molecule has 0 saturated carbocycles. The third kappa shape index (κ3) is 3.93. The number of rotatable bonds is 3. The molecule has 0 unspecified atom stereocenters. The minimum Gasteiger partial charge on any atom is -0.460 e. The molecule has 0 atom stereocenters. The zero-order valence-electron chi connectivity index (χ0n) is 5.26. The number of nitriles is 1. The van der Waals surface area contributed by atoms with Crippen LogP contribution in [0.4, 0.5) is 0 Å². The summed E-state index contributed by atoms with van der Waals surface area (Å²) in [6.07, 6.45) is 0.176. The molecule has 0 bridgehead atoms. The highest BCUT2D eigenvalue weighted by Crippen LogP contribution is 1.99. The summed E-state index contributed by atoms with van der Waals surface area (Å²) in [5, 5.41) is 7.85. The van der Waals surface area contributed by atoms with Crippen LogP contribution in [0.25, 0.3) is 0 Å². The molecule has 10 heavy (non-hydrogen) atoms. The molecule has 0 fully saturated rings. The second kappa shape index (κ2) is 4.83. The number of ether oxygens (including phenoxy) is 1. The number of nitrogens with zero attached hydrogens (tertiary/aromatic N) is 1. The lowest BCUT2D eigenvalue weighted by molar-refractivity contribution is -0.138. The molecule has 0 saturated heterocycles. The standard InChI is InChI=1S/C6H6ClNO2/c1-5(7)6(9)10-4-2-3-8/h1-2,4H2. The molecule has 0 amide bonds. The van der Waals surface area contributed by atoms with Crippen molar-refractivity contribution in [3.8, 4) is 6.07 Å². The number of hydrogen-bond donors (Lipinski definition) is 0. The second-order valence-electron chi connectivity index (χ2n) is 1.45. The predicted octanol–water partition coefficient (Wildman–Crippen LogP) is 1.20. The second-order valence-corrected chi connectivity index (χ2v) is 1.91. The summed E-state index contributed by atoms with van der Waals surface area (Å²) in [6.45, 7) is 3.21. The maximum atomic E-state index is 10.5. The Hall–Kier alpha value is -1.01. The van der Waals surface area contributed by atoms with Gasteiger partial charge in [-0.1, -0.05) is 18.2 Å². The van der Waals surface area contributed by atoms with E-state index in [4.69, 9.17) is 16.9 Å². The van der Waals surface area contributed by atoms with Crippen molar-refractivity contribution in [3.05, 3.63) is 11.6 Å². The van der Waals surface area contributed by atoms with Crippen molar-refractivity contribution in [2.45, 2.75) is 6.42 Å². The fourth-order valence-electron chi connectivity index (χ4n) is 0.268. The first-order valence-electron chi connectivity index (χ1n) is 2.57. The van der Waals surface area contributed by atoms with Gasteiger partial charge < -0.3 is 4.74 Å². The van der Waals surface area contributed by atoms with Crippen molar-refractivity contribution in [2.75, 3.05) is 6.61 Å². The van der Waals surface area contributed by atoms with Crippen LogP contribution in [0.2, 0.25) is 0 Å². The molecule has 0 aliphatic rings. The van der Waals surface area contributed by atoms with Gasteiger partial charge in [0.1, 0.15) is 11.6 Å². The molecule has 0 aliphatic heterocycles. The van der Waals surface area contributed by atoms with E-state index in [0.717, 1.165) is 0 Å². The van der Waals surface area contributed by atoms with Crippen LogP contribution in [0.15, 0.2) is 11.6 Å². The Morgan fingerprint density at radius 3 is 2.80 bits per heavy atom. The summed E-state index contributed by atoms with van der Waals surface area (Å²) in [7, 11) is 0. The molecule has 0 aliphatic carbocycles. The van der Waals surface area contributed by atoms with Crippen LogP contribution in [0.1, 0.15) is 6.42 Å². The lowest BCUT2D eigenvalue weighted by atomic mass is 10.5. The summed E-state index contributed by atoms with van der Waals surface area (Å²) in [5.74, 6) is -0.670. The van der Waals surface area contributed by atoms with E-state index in [1.165, 1.54) is 0 Å². The average molecular weight is 160 g/mol. The quantitative estimate of drug-likeness (QED) is 0.353. The first kappa shape index (κ1) is 8.99. The summed E-state index contributed by atoms with van der Waals surface area (Å²) in [6, 6.07) is 1.81.